The molecule has 1 heterocycles. The van der Waals surface area contributed by atoms with Gasteiger partial charge in [0.2, 0.25) is 5.82 Å². The highest BCUT2D eigenvalue weighted by Crippen LogP contribution is 2.34. The van der Waals surface area contributed by atoms with Crippen molar-refractivity contribution in [3.8, 4) is 11.4 Å². The predicted octanol–water partition coefficient (Wildman–Crippen LogP) is 2.54. The Balaban J connectivity index is 2.46. The number of aromatic nitrogens is 4. The number of H-pyrrole nitrogens is 1. The third-order valence-electron chi connectivity index (χ3n) is 1.88. The van der Waals surface area contributed by atoms with Crippen LogP contribution in [-0.2, 0) is 6.18 Å². The summed E-state index contributed by atoms with van der Waals surface area (Å²) in [5.74, 6) is 0.152. The zero-order valence-corrected chi connectivity index (χ0v) is 8.34. The Morgan fingerprint density at radius 1 is 1.25 bits per heavy atom. The normalized spacial score (nSPS) is 11.8. The van der Waals surface area contributed by atoms with Crippen molar-refractivity contribution in [3.63, 3.8) is 0 Å². The lowest BCUT2D eigenvalue weighted by atomic mass is 10.1. The van der Waals surface area contributed by atoms with Crippen molar-refractivity contribution in [2.75, 3.05) is 0 Å². The van der Waals surface area contributed by atoms with Crippen molar-refractivity contribution in [2.24, 2.45) is 0 Å². The minimum atomic E-state index is -4.42. The Morgan fingerprint density at radius 2 is 2.00 bits per heavy atom. The van der Waals surface area contributed by atoms with E-state index in [9.17, 15) is 13.2 Å². The number of aromatic amines is 1. The molecule has 1 aromatic carbocycles. The monoisotopic (exact) mass is 248 g/mol. The molecule has 0 saturated carbocycles. The van der Waals surface area contributed by atoms with Gasteiger partial charge in [0.05, 0.1) is 10.6 Å². The lowest BCUT2D eigenvalue weighted by molar-refractivity contribution is -0.137. The minimum absolute atomic E-state index is 0.0729. The second-order valence-corrected chi connectivity index (χ2v) is 3.33. The molecule has 0 fully saturated rings. The summed E-state index contributed by atoms with van der Waals surface area (Å²) in [6.07, 6.45) is -4.42. The molecule has 16 heavy (non-hydrogen) atoms. The summed E-state index contributed by atoms with van der Waals surface area (Å²) in [6.45, 7) is 0. The van der Waals surface area contributed by atoms with Gasteiger partial charge in [-0.3, -0.25) is 0 Å². The van der Waals surface area contributed by atoms with Gasteiger partial charge in [0, 0.05) is 5.56 Å². The van der Waals surface area contributed by atoms with Crippen molar-refractivity contribution in [1.82, 2.24) is 20.6 Å². The first-order valence-corrected chi connectivity index (χ1v) is 4.47. The van der Waals surface area contributed by atoms with E-state index in [4.69, 9.17) is 11.6 Å². The van der Waals surface area contributed by atoms with E-state index in [0.29, 0.717) is 5.56 Å². The first kappa shape index (κ1) is 10.9. The van der Waals surface area contributed by atoms with Crippen LogP contribution in [0.5, 0.6) is 0 Å². The zero-order valence-electron chi connectivity index (χ0n) is 7.59. The van der Waals surface area contributed by atoms with E-state index in [-0.39, 0.29) is 10.8 Å². The Kier molecular flexibility index (Phi) is 2.55. The number of alkyl halides is 3. The fourth-order valence-corrected chi connectivity index (χ4v) is 1.41. The molecule has 8 heteroatoms. The average Bonchev–Trinajstić information content (AvgIpc) is 2.69. The van der Waals surface area contributed by atoms with Crippen LogP contribution in [0.2, 0.25) is 5.02 Å². The van der Waals surface area contributed by atoms with Gasteiger partial charge in [-0.2, -0.15) is 18.4 Å². The quantitative estimate of drug-likeness (QED) is 0.844. The van der Waals surface area contributed by atoms with Crippen LogP contribution in [0.4, 0.5) is 13.2 Å². The van der Waals surface area contributed by atoms with E-state index in [1.165, 1.54) is 6.07 Å². The van der Waals surface area contributed by atoms with Gasteiger partial charge in [0.15, 0.2) is 0 Å². The van der Waals surface area contributed by atoms with Crippen LogP contribution in [0.25, 0.3) is 11.4 Å². The fourth-order valence-electron chi connectivity index (χ4n) is 1.15. The van der Waals surface area contributed by atoms with Crippen LogP contribution in [0.1, 0.15) is 5.56 Å². The lowest BCUT2D eigenvalue weighted by Gasteiger charge is -2.07. The van der Waals surface area contributed by atoms with Gasteiger partial charge in [-0.1, -0.05) is 11.6 Å². The summed E-state index contributed by atoms with van der Waals surface area (Å²) in [7, 11) is 0. The predicted molar refractivity (Wildman–Crippen MR) is 49.6 cm³/mol. The first-order chi connectivity index (χ1) is 7.48. The number of nitrogens with zero attached hydrogens (tertiary/aromatic N) is 3. The van der Waals surface area contributed by atoms with Gasteiger partial charge >= 0.3 is 6.18 Å². The van der Waals surface area contributed by atoms with Crippen LogP contribution in [-0.4, -0.2) is 20.6 Å². The molecule has 0 bridgehead atoms. The molecule has 0 saturated heterocycles. The fraction of sp³-hybridized carbons (Fsp3) is 0.125. The van der Waals surface area contributed by atoms with Gasteiger partial charge in [-0.25, -0.2) is 0 Å². The summed E-state index contributed by atoms with van der Waals surface area (Å²) >= 11 is 5.71. The molecule has 0 atom stereocenters. The second kappa shape index (κ2) is 3.75. The Hall–Kier alpha value is -1.63. The average molecular weight is 249 g/mol. The SMILES string of the molecule is FC(F)(F)c1ccc(-c2nn[nH]n2)c(Cl)c1. The van der Waals surface area contributed by atoms with Crippen molar-refractivity contribution < 1.29 is 13.2 Å². The van der Waals surface area contributed by atoms with Crippen LogP contribution in [0.3, 0.4) is 0 Å². The summed E-state index contributed by atoms with van der Waals surface area (Å²) in [6, 6.07) is 2.95. The maximum atomic E-state index is 12.3. The Bertz CT molecular complexity index is 494. The van der Waals surface area contributed by atoms with E-state index in [0.717, 1.165) is 12.1 Å². The van der Waals surface area contributed by atoms with Crippen LogP contribution >= 0.6 is 11.6 Å². The molecule has 0 spiro atoms. The standard InChI is InChI=1S/C8H4ClF3N4/c9-6-3-4(8(10,11)12)1-2-5(6)7-13-15-16-14-7/h1-3H,(H,13,14,15,16). The molecule has 2 rings (SSSR count). The van der Waals surface area contributed by atoms with Gasteiger partial charge in [0.1, 0.15) is 0 Å². The molecule has 1 N–H and O–H groups in total. The van der Waals surface area contributed by atoms with E-state index < -0.39 is 11.7 Å². The summed E-state index contributed by atoms with van der Waals surface area (Å²) in [5, 5.41) is 12.7. The number of hydrogen-bond donors (Lipinski definition) is 1. The van der Waals surface area contributed by atoms with E-state index in [1.54, 1.807) is 0 Å². The summed E-state index contributed by atoms with van der Waals surface area (Å²) in [5.41, 5.74) is -0.520. The van der Waals surface area contributed by atoms with Crippen molar-refractivity contribution in [3.05, 3.63) is 28.8 Å². The highest BCUT2D eigenvalue weighted by molar-refractivity contribution is 6.33. The molecule has 0 aliphatic rings. The molecule has 2 aromatic rings. The highest BCUT2D eigenvalue weighted by Gasteiger charge is 2.31. The second-order valence-electron chi connectivity index (χ2n) is 2.93. The van der Waals surface area contributed by atoms with Gasteiger partial charge in [-0.15, -0.1) is 10.2 Å². The lowest BCUT2D eigenvalue weighted by Crippen LogP contribution is -2.04. The van der Waals surface area contributed by atoms with Crippen molar-refractivity contribution in [1.29, 1.82) is 0 Å². The first-order valence-electron chi connectivity index (χ1n) is 4.09. The molecule has 0 amide bonds. The molecule has 84 valence electrons. The highest BCUT2D eigenvalue weighted by atomic mass is 35.5. The van der Waals surface area contributed by atoms with Crippen molar-refractivity contribution >= 4 is 11.6 Å². The maximum absolute atomic E-state index is 12.3. The van der Waals surface area contributed by atoms with Crippen LogP contribution in [0.15, 0.2) is 18.2 Å². The molecule has 0 aliphatic heterocycles. The summed E-state index contributed by atoms with van der Waals surface area (Å²) in [4.78, 5) is 0. The summed E-state index contributed by atoms with van der Waals surface area (Å²) < 4.78 is 37.0. The number of tetrazole rings is 1. The van der Waals surface area contributed by atoms with Crippen molar-refractivity contribution in [2.45, 2.75) is 6.18 Å². The number of benzene rings is 1. The largest absolute Gasteiger partial charge is 0.416 e. The van der Waals surface area contributed by atoms with E-state index in [2.05, 4.69) is 20.6 Å². The molecular formula is C8H4ClF3N4. The number of rotatable bonds is 1. The van der Waals surface area contributed by atoms with E-state index in [1.807, 2.05) is 0 Å². The maximum Gasteiger partial charge on any atom is 0.416 e. The van der Waals surface area contributed by atoms with Crippen LogP contribution in [0, 0.1) is 0 Å². The minimum Gasteiger partial charge on any atom is -0.177 e. The third-order valence-corrected chi connectivity index (χ3v) is 2.20. The number of halogens is 4. The Morgan fingerprint density at radius 3 is 2.50 bits per heavy atom. The smallest absolute Gasteiger partial charge is 0.177 e. The van der Waals surface area contributed by atoms with Gasteiger partial charge in [0.25, 0.3) is 0 Å². The molecule has 1 aromatic heterocycles. The molecule has 4 nitrogen and oxygen atoms in total. The third kappa shape index (κ3) is 1.99. The molecule has 0 unspecified atom stereocenters. The van der Waals surface area contributed by atoms with Gasteiger partial charge in [-0.05, 0) is 23.4 Å². The molecule has 0 aliphatic carbocycles. The molecule has 0 radical (unpaired) electrons. The number of hydrogen-bond acceptors (Lipinski definition) is 3. The van der Waals surface area contributed by atoms with E-state index >= 15 is 0 Å². The topological polar surface area (TPSA) is 54.5 Å². The number of nitrogens with one attached hydrogen (secondary N) is 1. The Labute approximate surface area is 92.4 Å². The van der Waals surface area contributed by atoms with Crippen LogP contribution < -0.4 is 0 Å². The molecular weight excluding hydrogens is 245 g/mol. The van der Waals surface area contributed by atoms with Gasteiger partial charge < -0.3 is 0 Å². The zero-order chi connectivity index (χ0) is 11.8.